The fourth-order valence-corrected chi connectivity index (χ4v) is 1.98. The Kier molecular flexibility index (Phi) is 6.37. The van der Waals surface area contributed by atoms with Crippen molar-refractivity contribution >= 4 is 29.4 Å². The van der Waals surface area contributed by atoms with Gasteiger partial charge in [0.05, 0.1) is 0 Å². The predicted octanol–water partition coefficient (Wildman–Crippen LogP) is 1.64. The van der Waals surface area contributed by atoms with Gasteiger partial charge >= 0.3 is 5.97 Å². The van der Waals surface area contributed by atoms with E-state index < -0.39 is 30.4 Å². The second-order valence-electron chi connectivity index (χ2n) is 5.29. The average Bonchev–Trinajstić information content (AvgIpc) is 2.43. The van der Waals surface area contributed by atoms with E-state index in [1.54, 1.807) is 38.1 Å². The number of rotatable bonds is 6. The number of likely N-dealkylation sites (N-methyl/N-ethyl adjacent to an activating group) is 1. The first-order valence-electron chi connectivity index (χ1n) is 6.75. The van der Waals surface area contributed by atoms with Crippen molar-refractivity contribution in [2.75, 3.05) is 13.6 Å². The van der Waals surface area contributed by atoms with Crippen LogP contribution in [0.1, 0.15) is 24.2 Å². The molecule has 7 heteroatoms. The van der Waals surface area contributed by atoms with Gasteiger partial charge in [-0.25, -0.2) is 0 Å². The van der Waals surface area contributed by atoms with E-state index in [1.807, 2.05) is 0 Å². The molecular formula is C15H19ClN2O4. The first-order valence-corrected chi connectivity index (χ1v) is 7.13. The molecule has 1 aromatic carbocycles. The molecule has 1 rings (SSSR count). The lowest BCUT2D eigenvalue weighted by Crippen LogP contribution is -2.51. The Morgan fingerprint density at radius 1 is 1.23 bits per heavy atom. The number of halogens is 1. The number of nitrogens with zero attached hydrogens (tertiary/aromatic N) is 1. The lowest BCUT2D eigenvalue weighted by atomic mass is 10.0. The summed E-state index contributed by atoms with van der Waals surface area (Å²) in [4.78, 5) is 36.2. The van der Waals surface area contributed by atoms with E-state index in [2.05, 4.69) is 5.32 Å². The maximum Gasteiger partial charge on any atom is 0.323 e. The van der Waals surface area contributed by atoms with Gasteiger partial charge in [0.15, 0.2) is 0 Å². The monoisotopic (exact) mass is 326 g/mol. The van der Waals surface area contributed by atoms with Crippen LogP contribution in [-0.4, -0.2) is 47.4 Å². The van der Waals surface area contributed by atoms with Crippen molar-refractivity contribution in [1.29, 1.82) is 0 Å². The molecule has 2 N–H and O–H groups in total. The molecule has 0 aliphatic rings. The van der Waals surface area contributed by atoms with Crippen LogP contribution in [0.3, 0.4) is 0 Å². The van der Waals surface area contributed by atoms with Crippen molar-refractivity contribution in [3.05, 3.63) is 34.9 Å². The number of aliphatic carboxylic acids is 1. The average molecular weight is 327 g/mol. The van der Waals surface area contributed by atoms with Crippen molar-refractivity contribution in [3.63, 3.8) is 0 Å². The fourth-order valence-electron chi connectivity index (χ4n) is 1.86. The van der Waals surface area contributed by atoms with Gasteiger partial charge in [-0.15, -0.1) is 0 Å². The van der Waals surface area contributed by atoms with Gasteiger partial charge in [-0.3, -0.25) is 14.4 Å². The highest BCUT2D eigenvalue weighted by Crippen LogP contribution is 2.11. The van der Waals surface area contributed by atoms with E-state index >= 15 is 0 Å². The number of amides is 2. The summed E-state index contributed by atoms with van der Waals surface area (Å²) in [5.41, 5.74) is 0.378. The Balaban J connectivity index is 2.83. The molecule has 0 radical (unpaired) electrons. The summed E-state index contributed by atoms with van der Waals surface area (Å²) in [5, 5.41) is 11.9. The van der Waals surface area contributed by atoms with E-state index in [0.29, 0.717) is 10.6 Å². The molecule has 0 saturated heterocycles. The zero-order valence-corrected chi connectivity index (χ0v) is 13.4. The van der Waals surface area contributed by atoms with Crippen molar-refractivity contribution in [2.45, 2.75) is 19.9 Å². The predicted molar refractivity (Wildman–Crippen MR) is 82.8 cm³/mol. The number of nitrogens with one attached hydrogen (secondary N) is 1. The number of hydrogen-bond donors (Lipinski definition) is 2. The number of benzene rings is 1. The van der Waals surface area contributed by atoms with Gasteiger partial charge in [0.2, 0.25) is 5.91 Å². The summed E-state index contributed by atoms with van der Waals surface area (Å²) in [6, 6.07) is 5.48. The van der Waals surface area contributed by atoms with Gasteiger partial charge < -0.3 is 15.3 Å². The summed E-state index contributed by atoms with van der Waals surface area (Å²) < 4.78 is 0. The summed E-state index contributed by atoms with van der Waals surface area (Å²) in [5.74, 6) is -2.14. The van der Waals surface area contributed by atoms with E-state index in [0.717, 1.165) is 4.90 Å². The lowest BCUT2D eigenvalue weighted by molar-refractivity contribution is -0.144. The Hall–Kier alpha value is -2.08. The van der Waals surface area contributed by atoms with Crippen LogP contribution >= 0.6 is 11.6 Å². The van der Waals surface area contributed by atoms with E-state index in [-0.39, 0.29) is 5.92 Å². The number of hydrogen-bond acceptors (Lipinski definition) is 3. The van der Waals surface area contributed by atoms with E-state index in [1.165, 1.54) is 7.05 Å². The van der Waals surface area contributed by atoms with Crippen molar-refractivity contribution in [3.8, 4) is 0 Å². The fraction of sp³-hybridized carbons (Fsp3) is 0.400. The van der Waals surface area contributed by atoms with E-state index in [4.69, 9.17) is 16.7 Å². The number of carboxylic acids is 1. The molecule has 0 aliphatic carbocycles. The van der Waals surface area contributed by atoms with Crippen LogP contribution in [-0.2, 0) is 9.59 Å². The second kappa shape index (κ2) is 7.79. The smallest absolute Gasteiger partial charge is 0.323 e. The highest BCUT2D eigenvalue weighted by Gasteiger charge is 2.28. The Morgan fingerprint density at radius 3 is 2.23 bits per heavy atom. The molecule has 1 aromatic rings. The van der Waals surface area contributed by atoms with Crippen molar-refractivity contribution in [2.24, 2.45) is 5.92 Å². The quantitative estimate of drug-likeness (QED) is 0.832. The summed E-state index contributed by atoms with van der Waals surface area (Å²) >= 11 is 5.76. The van der Waals surface area contributed by atoms with Gasteiger partial charge in [-0.1, -0.05) is 25.4 Å². The highest BCUT2D eigenvalue weighted by molar-refractivity contribution is 6.30. The summed E-state index contributed by atoms with van der Waals surface area (Å²) in [6.07, 6.45) is 0. The van der Waals surface area contributed by atoms with Crippen LogP contribution in [0, 0.1) is 5.92 Å². The van der Waals surface area contributed by atoms with Crippen molar-refractivity contribution in [1.82, 2.24) is 10.2 Å². The first-order chi connectivity index (χ1) is 10.2. The molecule has 1 unspecified atom stereocenters. The van der Waals surface area contributed by atoms with Gasteiger partial charge in [0.25, 0.3) is 5.91 Å². The molecule has 22 heavy (non-hydrogen) atoms. The zero-order chi connectivity index (χ0) is 16.9. The van der Waals surface area contributed by atoms with Crippen LogP contribution in [0.15, 0.2) is 24.3 Å². The number of carboxylic acid groups (broad SMARTS) is 1. The van der Waals surface area contributed by atoms with Gasteiger partial charge in [-0.05, 0) is 30.2 Å². The molecule has 0 aliphatic heterocycles. The van der Waals surface area contributed by atoms with Crippen LogP contribution < -0.4 is 5.32 Å². The molecule has 0 spiro atoms. The van der Waals surface area contributed by atoms with Gasteiger partial charge in [0, 0.05) is 17.6 Å². The molecule has 6 nitrogen and oxygen atoms in total. The van der Waals surface area contributed by atoms with Crippen LogP contribution in [0.4, 0.5) is 0 Å². The highest BCUT2D eigenvalue weighted by atomic mass is 35.5. The molecule has 0 heterocycles. The number of carbonyl (C=O) groups is 3. The van der Waals surface area contributed by atoms with Crippen LogP contribution in [0.5, 0.6) is 0 Å². The zero-order valence-electron chi connectivity index (χ0n) is 12.7. The van der Waals surface area contributed by atoms with Crippen LogP contribution in [0.25, 0.3) is 0 Å². The van der Waals surface area contributed by atoms with E-state index in [9.17, 15) is 14.4 Å². The Bertz CT molecular complexity index is 557. The molecule has 0 aromatic heterocycles. The second-order valence-corrected chi connectivity index (χ2v) is 5.73. The third-order valence-electron chi connectivity index (χ3n) is 3.07. The maximum atomic E-state index is 12.3. The largest absolute Gasteiger partial charge is 0.480 e. The van der Waals surface area contributed by atoms with Gasteiger partial charge in [0.1, 0.15) is 12.6 Å². The first kappa shape index (κ1) is 18.0. The third-order valence-corrected chi connectivity index (χ3v) is 3.33. The molecule has 0 saturated carbocycles. The minimum Gasteiger partial charge on any atom is -0.480 e. The Morgan fingerprint density at radius 2 is 1.77 bits per heavy atom. The minimum atomic E-state index is -1.11. The molecule has 1 atom stereocenters. The molecular weight excluding hydrogens is 308 g/mol. The topological polar surface area (TPSA) is 86.7 Å². The maximum absolute atomic E-state index is 12.3. The minimum absolute atomic E-state index is 0.181. The normalized spacial score (nSPS) is 11.9. The SMILES string of the molecule is CC(C)C(NC(=O)c1ccc(Cl)cc1)C(=O)N(C)CC(=O)O. The van der Waals surface area contributed by atoms with Crippen LogP contribution in [0.2, 0.25) is 5.02 Å². The third kappa shape index (κ3) is 5.04. The Labute approximate surface area is 134 Å². The standard InChI is InChI=1S/C15H19ClN2O4/c1-9(2)13(15(22)18(3)8-12(19)20)17-14(21)10-4-6-11(16)7-5-10/h4-7,9,13H,8H2,1-3H3,(H,17,21)(H,19,20). The molecule has 0 fully saturated rings. The van der Waals surface area contributed by atoms with Gasteiger partial charge in [-0.2, -0.15) is 0 Å². The summed E-state index contributed by atoms with van der Waals surface area (Å²) in [6.45, 7) is 3.14. The molecule has 0 bridgehead atoms. The van der Waals surface area contributed by atoms with Crippen molar-refractivity contribution < 1.29 is 19.5 Å². The number of carbonyl (C=O) groups excluding carboxylic acids is 2. The molecule has 120 valence electrons. The molecule has 2 amide bonds. The summed E-state index contributed by atoms with van der Waals surface area (Å²) in [7, 11) is 1.39. The lowest BCUT2D eigenvalue weighted by Gasteiger charge is -2.26.